The van der Waals surface area contributed by atoms with Crippen molar-refractivity contribution in [1.82, 2.24) is 19.7 Å². The lowest BCUT2D eigenvalue weighted by Gasteiger charge is -2.39. The van der Waals surface area contributed by atoms with Crippen LogP contribution in [0.15, 0.2) is 84.1 Å². The van der Waals surface area contributed by atoms with E-state index in [1.165, 1.54) is 11.8 Å². The fraction of sp³-hybridized carbons (Fsp3) is 0.419. The molecule has 0 saturated carbocycles. The van der Waals surface area contributed by atoms with Crippen molar-refractivity contribution >= 4 is 51.6 Å². The van der Waals surface area contributed by atoms with Crippen LogP contribution in [0.25, 0.3) is 34.0 Å². The second kappa shape index (κ2) is 18.3. The first-order valence-corrected chi connectivity index (χ1v) is 26.9. The van der Waals surface area contributed by atoms with Crippen LogP contribution in [0.4, 0.5) is 0 Å². The van der Waals surface area contributed by atoms with Crippen LogP contribution in [0.3, 0.4) is 0 Å². The Morgan fingerprint density at radius 3 is 1.95 bits per heavy atom. The van der Waals surface area contributed by atoms with Gasteiger partial charge in [-0.05, 0) is 78.4 Å². The van der Waals surface area contributed by atoms with E-state index in [2.05, 4.69) is 72.7 Å². The molecule has 0 aliphatic rings. The molecular formula is C43H56Cl2N4O5SSi2. The third-order valence-corrected chi connectivity index (χ3v) is 21.1. The number of halogens is 2. The number of imidazole rings is 1. The standard InChI is InChI=1S/C43H56Cl2N4O5SSi2/c1-42(2,3)56(8,9)53-27-30(28-54-57(10,11)43(4,5)6)26-52-33-23-34(44)37(35(45)24-33)40-48-38(36-20-21-46-41(47-36)55-7)39(49(40)50)31-18-15-19-32(22-31)51-25-29-16-13-12-14-17-29/h12-24,30,50H,25-28H2,1-11H3. The maximum atomic E-state index is 12.0. The van der Waals surface area contributed by atoms with Gasteiger partial charge >= 0.3 is 0 Å². The highest BCUT2D eigenvalue weighted by molar-refractivity contribution is 7.98. The summed E-state index contributed by atoms with van der Waals surface area (Å²) in [5.74, 6) is 1.22. The summed E-state index contributed by atoms with van der Waals surface area (Å²) in [6, 6.07) is 22.6. The van der Waals surface area contributed by atoms with Gasteiger partial charge in [-0.2, -0.15) is 4.73 Å². The number of ether oxygens (including phenoxy) is 2. The van der Waals surface area contributed by atoms with E-state index in [-0.39, 0.29) is 31.9 Å². The summed E-state index contributed by atoms with van der Waals surface area (Å²) in [7, 11) is -4.05. The second-order valence-corrected chi connectivity index (χ2v) is 28.5. The molecule has 0 saturated heterocycles. The molecule has 0 unspecified atom stereocenters. The van der Waals surface area contributed by atoms with Crippen molar-refractivity contribution in [3.05, 3.63) is 94.6 Å². The number of hydrogen-bond acceptors (Lipinski definition) is 9. The van der Waals surface area contributed by atoms with Gasteiger partial charge in [0.15, 0.2) is 27.6 Å². The third-order valence-electron chi connectivity index (χ3n) is 11.0. The highest BCUT2D eigenvalue weighted by Crippen LogP contribution is 2.43. The molecule has 2 heterocycles. The van der Waals surface area contributed by atoms with Gasteiger partial charge in [0.1, 0.15) is 29.5 Å². The molecule has 3 aromatic carbocycles. The minimum atomic E-state index is -2.03. The van der Waals surface area contributed by atoms with Gasteiger partial charge in [-0.1, -0.05) is 119 Å². The molecule has 0 atom stereocenters. The van der Waals surface area contributed by atoms with Gasteiger partial charge in [0.25, 0.3) is 0 Å². The van der Waals surface area contributed by atoms with Crippen LogP contribution in [0.5, 0.6) is 11.5 Å². The number of nitrogens with zero attached hydrogens (tertiary/aromatic N) is 4. The summed E-state index contributed by atoms with van der Waals surface area (Å²) < 4.78 is 26.9. The molecule has 0 spiro atoms. The number of aromatic nitrogens is 4. The van der Waals surface area contributed by atoms with E-state index in [9.17, 15) is 5.21 Å². The molecule has 5 aromatic rings. The maximum Gasteiger partial charge on any atom is 0.191 e. The molecule has 0 radical (unpaired) electrons. The van der Waals surface area contributed by atoms with Crippen LogP contribution < -0.4 is 9.47 Å². The number of hydrogen-bond donors (Lipinski definition) is 1. The van der Waals surface area contributed by atoms with Gasteiger partial charge in [-0.15, -0.1) is 0 Å². The molecular weight excluding hydrogens is 812 g/mol. The molecule has 0 bridgehead atoms. The van der Waals surface area contributed by atoms with E-state index < -0.39 is 16.6 Å². The van der Waals surface area contributed by atoms with Crippen molar-refractivity contribution in [3.8, 4) is 45.5 Å². The van der Waals surface area contributed by atoms with E-state index in [1.807, 2.05) is 60.9 Å². The van der Waals surface area contributed by atoms with Crippen LogP contribution in [0.1, 0.15) is 47.1 Å². The molecule has 1 N–H and O–H groups in total. The molecule has 0 amide bonds. The van der Waals surface area contributed by atoms with E-state index in [1.54, 1.807) is 24.4 Å². The highest BCUT2D eigenvalue weighted by Gasteiger charge is 2.40. The quantitative estimate of drug-likeness (QED) is 0.0450. The van der Waals surface area contributed by atoms with Crippen LogP contribution in [-0.2, 0) is 15.5 Å². The normalized spacial score (nSPS) is 12.7. The maximum absolute atomic E-state index is 12.0. The fourth-order valence-corrected chi connectivity index (χ4v) is 8.51. The van der Waals surface area contributed by atoms with E-state index in [4.69, 9.17) is 51.5 Å². The van der Waals surface area contributed by atoms with Crippen LogP contribution in [0, 0.1) is 5.92 Å². The van der Waals surface area contributed by atoms with Crippen molar-refractivity contribution in [2.45, 2.75) is 89.6 Å². The summed E-state index contributed by atoms with van der Waals surface area (Å²) in [6.07, 6.45) is 3.57. The zero-order chi connectivity index (χ0) is 41.8. The molecule has 2 aromatic heterocycles. The molecule has 9 nitrogen and oxygen atoms in total. The number of rotatable bonds is 16. The van der Waals surface area contributed by atoms with Gasteiger partial charge in [0.2, 0.25) is 0 Å². The number of thioether (sulfide) groups is 1. The fourth-order valence-electron chi connectivity index (χ4n) is 5.35. The largest absolute Gasteiger partial charge is 0.493 e. The first kappa shape index (κ1) is 44.7. The molecule has 0 aliphatic heterocycles. The van der Waals surface area contributed by atoms with E-state index in [0.29, 0.717) is 71.3 Å². The Labute approximate surface area is 354 Å². The zero-order valence-electron chi connectivity index (χ0n) is 34.9. The average molecular weight is 868 g/mol. The second-order valence-electron chi connectivity index (χ2n) is 17.3. The average Bonchev–Trinajstić information content (AvgIpc) is 3.49. The summed E-state index contributed by atoms with van der Waals surface area (Å²) in [5, 5.41) is 13.2. The Bertz CT molecular complexity index is 2090. The zero-order valence-corrected chi connectivity index (χ0v) is 39.3. The summed E-state index contributed by atoms with van der Waals surface area (Å²) in [5.41, 5.74) is 3.36. The van der Waals surface area contributed by atoms with Crippen molar-refractivity contribution in [2.75, 3.05) is 26.1 Å². The van der Waals surface area contributed by atoms with Crippen LogP contribution >= 0.6 is 35.0 Å². The molecule has 0 aliphatic carbocycles. The smallest absolute Gasteiger partial charge is 0.191 e. The van der Waals surface area contributed by atoms with Crippen molar-refractivity contribution in [3.63, 3.8) is 0 Å². The molecule has 57 heavy (non-hydrogen) atoms. The van der Waals surface area contributed by atoms with E-state index >= 15 is 0 Å². The Morgan fingerprint density at radius 1 is 0.754 bits per heavy atom. The lowest BCUT2D eigenvalue weighted by atomic mass is 10.1. The minimum Gasteiger partial charge on any atom is -0.493 e. The first-order valence-electron chi connectivity index (χ1n) is 19.1. The molecule has 5 rings (SSSR count). The SMILES string of the molecule is CSc1nccc(-c2nc(-c3c(Cl)cc(OCC(CO[Si](C)(C)C(C)(C)C)CO[Si](C)(C)C(C)(C)C)cc3Cl)n(O)c2-c2cccc(OCc3ccccc3)c2)n1. The number of benzene rings is 3. The Hall–Kier alpha value is -3.37. The Morgan fingerprint density at radius 2 is 1.37 bits per heavy atom. The predicted octanol–water partition coefficient (Wildman–Crippen LogP) is 12.6. The van der Waals surface area contributed by atoms with Gasteiger partial charge in [-0.25, -0.2) is 15.0 Å². The highest BCUT2D eigenvalue weighted by atomic mass is 35.5. The summed E-state index contributed by atoms with van der Waals surface area (Å²) >= 11 is 15.4. The topological polar surface area (TPSA) is 101 Å². The van der Waals surface area contributed by atoms with Crippen LogP contribution in [0.2, 0.25) is 46.3 Å². The lowest BCUT2D eigenvalue weighted by Crippen LogP contribution is -2.45. The Balaban J connectivity index is 1.47. The van der Waals surface area contributed by atoms with Gasteiger partial charge in [-0.3, -0.25) is 0 Å². The monoisotopic (exact) mass is 866 g/mol. The van der Waals surface area contributed by atoms with E-state index in [0.717, 1.165) is 10.3 Å². The summed E-state index contributed by atoms with van der Waals surface area (Å²) in [4.78, 5) is 14.0. The van der Waals surface area contributed by atoms with Crippen molar-refractivity contribution in [2.24, 2.45) is 5.92 Å². The van der Waals surface area contributed by atoms with Gasteiger partial charge in [0, 0.05) is 30.9 Å². The van der Waals surface area contributed by atoms with Crippen molar-refractivity contribution in [1.29, 1.82) is 0 Å². The van der Waals surface area contributed by atoms with Gasteiger partial charge in [0.05, 0.1) is 27.9 Å². The van der Waals surface area contributed by atoms with Crippen molar-refractivity contribution < 1.29 is 23.5 Å². The van der Waals surface area contributed by atoms with Crippen LogP contribution in [-0.4, -0.2) is 67.6 Å². The molecule has 0 fully saturated rings. The summed E-state index contributed by atoms with van der Waals surface area (Å²) in [6.45, 7) is 24.2. The Kier molecular flexibility index (Phi) is 14.3. The first-order chi connectivity index (χ1) is 26.7. The molecule has 14 heteroatoms. The predicted molar refractivity (Wildman–Crippen MR) is 239 cm³/mol. The lowest BCUT2D eigenvalue weighted by molar-refractivity contribution is 0.113. The van der Waals surface area contributed by atoms with Gasteiger partial charge < -0.3 is 23.5 Å². The minimum absolute atomic E-state index is 0.0293. The third kappa shape index (κ3) is 11.0. The molecule has 306 valence electrons.